The molecule has 0 bridgehead atoms. The van der Waals surface area contributed by atoms with Crippen LogP contribution in [0.25, 0.3) is 0 Å². The molecule has 2 aliphatic carbocycles. The maximum atomic E-state index is 12.4. The summed E-state index contributed by atoms with van der Waals surface area (Å²) in [7, 11) is 1.95. The number of hydrogen-bond acceptors (Lipinski definition) is 1. The number of alkyl halides is 1. The van der Waals surface area contributed by atoms with Gasteiger partial charge in [0, 0.05) is 18.4 Å². The molecule has 2 nitrogen and oxygen atoms in total. The fraction of sp³-hybridized carbons (Fsp3) is 0.533. The van der Waals surface area contributed by atoms with Crippen LogP contribution in [0.5, 0.6) is 0 Å². The van der Waals surface area contributed by atoms with E-state index in [0.29, 0.717) is 16.7 Å². The Kier molecular flexibility index (Phi) is 3.18. The molecule has 0 heterocycles. The Balaban J connectivity index is 1.59. The van der Waals surface area contributed by atoms with E-state index < -0.39 is 0 Å². The van der Waals surface area contributed by atoms with Gasteiger partial charge in [-0.2, -0.15) is 0 Å². The molecule has 1 aromatic carbocycles. The van der Waals surface area contributed by atoms with Crippen LogP contribution in [0.1, 0.15) is 29.9 Å². The summed E-state index contributed by atoms with van der Waals surface area (Å²) in [5.74, 6) is 1.11. The van der Waals surface area contributed by atoms with Crippen LogP contribution >= 0.6 is 15.9 Å². The monoisotopic (exact) mass is 307 g/mol. The van der Waals surface area contributed by atoms with Crippen molar-refractivity contribution in [1.29, 1.82) is 0 Å². The predicted molar refractivity (Wildman–Crippen MR) is 76.0 cm³/mol. The van der Waals surface area contributed by atoms with Crippen molar-refractivity contribution in [2.45, 2.75) is 30.0 Å². The van der Waals surface area contributed by atoms with Gasteiger partial charge >= 0.3 is 0 Å². The predicted octanol–water partition coefficient (Wildman–Crippen LogP) is 2.96. The van der Waals surface area contributed by atoms with Crippen LogP contribution in [-0.4, -0.2) is 29.2 Å². The first-order valence-electron chi connectivity index (χ1n) is 6.62. The standard InChI is InChI=1S/C15H18BrNO/c1-17(9-10-6-12(16)7-10)15(18)14-8-11-4-2-3-5-13(11)14/h2-5,10,12,14H,6-9H2,1H3. The molecule has 0 aliphatic heterocycles. The van der Waals surface area contributed by atoms with Crippen LogP contribution < -0.4 is 0 Å². The normalized spacial score (nSPS) is 28.9. The summed E-state index contributed by atoms with van der Waals surface area (Å²) in [6.45, 7) is 0.916. The highest BCUT2D eigenvalue weighted by atomic mass is 79.9. The van der Waals surface area contributed by atoms with Gasteiger partial charge in [-0.1, -0.05) is 40.2 Å². The van der Waals surface area contributed by atoms with Crippen LogP contribution in [-0.2, 0) is 11.2 Å². The second-order valence-corrected chi connectivity index (χ2v) is 6.90. The SMILES string of the molecule is CN(CC1CC(Br)C1)C(=O)C1Cc2ccccc21. The summed E-state index contributed by atoms with van der Waals surface area (Å²) in [4.78, 5) is 15.0. The Bertz CT molecular complexity index is 467. The molecule has 2 aliphatic rings. The first-order chi connectivity index (χ1) is 8.65. The molecular weight excluding hydrogens is 290 g/mol. The minimum Gasteiger partial charge on any atom is -0.345 e. The molecule has 0 aromatic heterocycles. The van der Waals surface area contributed by atoms with E-state index in [-0.39, 0.29) is 5.92 Å². The third-order valence-corrected chi connectivity index (χ3v) is 4.99. The molecule has 1 amide bonds. The molecule has 0 radical (unpaired) electrons. The number of carbonyl (C=O) groups excluding carboxylic acids is 1. The van der Waals surface area contributed by atoms with Crippen LogP contribution in [0.2, 0.25) is 0 Å². The maximum absolute atomic E-state index is 12.4. The average Bonchev–Trinajstić information content (AvgIpc) is 2.28. The van der Waals surface area contributed by atoms with Crippen LogP contribution in [0, 0.1) is 5.92 Å². The second-order valence-electron chi connectivity index (χ2n) is 5.61. The third-order valence-electron chi connectivity index (χ3n) is 4.24. The minimum absolute atomic E-state index is 0.117. The van der Waals surface area contributed by atoms with Gasteiger partial charge in [-0.25, -0.2) is 0 Å². The van der Waals surface area contributed by atoms with Crippen molar-refractivity contribution < 1.29 is 4.79 Å². The Morgan fingerprint density at radius 1 is 1.39 bits per heavy atom. The maximum Gasteiger partial charge on any atom is 0.230 e. The topological polar surface area (TPSA) is 20.3 Å². The van der Waals surface area contributed by atoms with Crippen LogP contribution in [0.3, 0.4) is 0 Å². The largest absolute Gasteiger partial charge is 0.345 e. The summed E-state index contributed by atoms with van der Waals surface area (Å²) in [5.41, 5.74) is 2.58. The fourth-order valence-corrected chi connectivity index (χ4v) is 4.08. The van der Waals surface area contributed by atoms with E-state index in [1.54, 1.807) is 0 Å². The number of hydrogen-bond donors (Lipinski definition) is 0. The molecule has 1 aromatic rings. The van der Waals surface area contributed by atoms with E-state index >= 15 is 0 Å². The fourth-order valence-electron chi connectivity index (χ4n) is 3.03. The van der Waals surface area contributed by atoms with Crippen LogP contribution in [0.4, 0.5) is 0 Å². The van der Waals surface area contributed by atoms with Gasteiger partial charge in [0.05, 0.1) is 5.92 Å². The first kappa shape index (κ1) is 12.2. The molecule has 96 valence electrons. The van der Waals surface area contributed by atoms with Crippen LogP contribution in [0.15, 0.2) is 24.3 Å². The quantitative estimate of drug-likeness (QED) is 0.786. The first-order valence-corrected chi connectivity index (χ1v) is 7.53. The lowest BCUT2D eigenvalue weighted by Gasteiger charge is -2.37. The third kappa shape index (κ3) is 2.09. The van der Waals surface area contributed by atoms with Gasteiger partial charge in [-0.05, 0) is 36.3 Å². The van der Waals surface area contributed by atoms with E-state index in [1.165, 1.54) is 24.0 Å². The lowest BCUT2D eigenvalue weighted by atomic mass is 9.76. The molecule has 1 atom stereocenters. The van der Waals surface area contributed by atoms with Gasteiger partial charge < -0.3 is 4.90 Å². The van der Waals surface area contributed by atoms with Crippen molar-refractivity contribution >= 4 is 21.8 Å². The number of fused-ring (bicyclic) bond motifs is 1. The molecule has 18 heavy (non-hydrogen) atoms. The molecule has 0 N–H and O–H groups in total. The van der Waals surface area contributed by atoms with Crippen molar-refractivity contribution in [2.24, 2.45) is 5.92 Å². The van der Waals surface area contributed by atoms with E-state index in [9.17, 15) is 4.79 Å². The number of rotatable bonds is 3. The highest BCUT2D eigenvalue weighted by Crippen LogP contribution is 2.37. The molecule has 1 fully saturated rings. The van der Waals surface area contributed by atoms with Crippen molar-refractivity contribution in [3.05, 3.63) is 35.4 Å². The number of nitrogens with zero attached hydrogens (tertiary/aromatic N) is 1. The summed E-state index contributed by atoms with van der Waals surface area (Å²) in [6.07, 6.45) is 3.34. The highest BCUT2D eigenvalue weighted by Gasteiger charge is 2.35. The second kappa shape index (κ2) is 4.69. The number of carbonyl (C=O) groups is 1. The molecule has 1 saturated carbocycles. The minimum atomic E-state index is 0.117. The van der Waals surface area contributed by atoms with Gasteiger partial charge in [0.25, 0.3) is 0 Å². The van der Waals surface area contributed by atoms with E-state index in [0.717, 1.165) is 13.0 Å². The van der Waals surface area contributed by atoms with E-state index in [2.05, 4.69) is 28.1 Å². The zero-order valence-corrected chi connectivity index (χ0v) is 12.2. The molecule has 0 saturated heterocycles. The van der Waals surface area contributed by atoms with Gasteiger partial charge in [-0.15, -0.1) is 0 Å². The Morgan fingerprint density at radius 3 is 2.78 bits per heavy atom. The Hall–Kier alpha value is -0.830. The summed E-state index contributed by atoms with van der Waals surface area (Å²) in [6, 6.07) is 8.29. The lowest BCUT2D eigenvalue weighted by molar-refractivity contribution is -0.133. The lowest BCUT2D eigenvalue weighted by Crippen LogP contribution is -2.42. The zero-order valence-electron chi connectivity index (χ0n) is 10.6. The van der Waals surface area contributed by atoms with E-state index in [1.807, 2.05) is 24.1 Å². The molecule has 0 spiro atoms. The highest BCUT2D eigenvalue weighted by molar-refractivity contribution is 9.09. The van der Waals surface area contributed by atoms with Crippen molar-refractivity contribution in [3.8, 4) is 0 Å². The van der Waals surface area contributed by atoms with Gasteiger partial charge in [0.1, 0.15) is 0 Å². The molecule has 3 rings (SSSR count). The number of benzene rings is 1. The van der Waals surface area contributed by atoms with E-state index in [4.69, 9.17) is 0 Å². The Morgan fingerprint density at radius 2 is 2.11 bits per heavy atom. The van der Waals surface area contributed by atoms with Crippen molar-refractivity contribution in [1.82, 2.24) is 4.90 Å². The summed E-state index contributed by atoms with van der Waals surface area (Å²) >= 11 is 3.60. The molecular formula is C15H18BrNO. The number of halogens is 1. The number of likely N-dealkylation sites (N-methyl/N-ethyl adjacent to an activating group) is 1. The van der Waals surface area contributed by atoms with Gasteiger partial charge in [-0.3, -0.25) is 4.79 Å². The molecule has 1 unspecified atom stereocenters. The molecule has 3 heteroatoms. The van der Waals surface area contributed by atoms with Gasteiger partial charge in [0.15, 0.2) is 0 Å². The van der Waals surface area contributed by atoms with Crippen molar-refractivity contribution in [3.63, 3.8) is 0 Å². The average molecular weight is 308 g/mol. The Labute approximate surface area is 116 Å². The van der Waals surface area contributed by atoms with Gasteiger partial charge in [0.2, 0.25) is 5.91 Å². The summed E-state index contributed by atoms with van der Waals surface area (Å²) in [5, 5.41) is 0. The van der Waals surface area contributed by atoms with Crippen molar-refractivity contribution in [2.75, 3.05) is 13.6 Å². The zero-order chi connectivity index (χ0) is 12.7. The smallest absolute Gasteiger partial charge is 0.230 e. The number of amides is 1. The summed E-state index contributed by atoms with van der Waals surface area (Å²) < 4.78 is 0.